The van der Waals surface area contributed by atoms with E-state index in [1.54, 1.807) is 0 Å². The van der Waals surface area contributed by atoms with Crippen molar-refractivity contribution in [1.29, 1.82) is 0 Å². The van der Waals surface area contributed by atoms with Gasteiger partial charge in [-0.2, -0.15) is 5.10 Å². The van der Waals surface area contributed by atoms with Gasteiger partial charge in [0.25, 0.3) is 5.91 Å². The van der Waals surface area contributed by atoms with Crippen LogP contribution < -0.4 is 5.43 Å². The lowest BCUT2D eigenvalue weighted by molar-refractivity contribution is 0.0954. The number of rotatable bonds is 2. The van der Waals surface area contributed by atoms with Crippen molar-refractivity contribution in [3.8, 4) is 0 Å². The van der Waals surface area contributed by atoms with Crippen LogP contribution in [0, 0.1) is 19.8 Å². The lowest BCUT2D eigenvalue weighted by atomic mass is 9.89. The Kier molecular flexibility index (Phi) is 4.35. The second-order valence-electron chi connectivity index (χ2n) is 5.64. The number of nitrogens with zero attached hydrogens (tertiary/aromatic N) is 1. The Morgan fingerprint density at radius 1 is 1.37 bits per heavy atom. The van der Waals surface area contributed by atoms with E-state index >= 15 is 0 Å². The van der Waals surface area contributed by atoms with Crippen molar-refractivity contribution >= 4 is 11.6 Å². The summed E-state index contributed by atoms with van der Waals surface area (Å²) in [5, 5.41) is 4.29. The van der Waals surface area contributed by atoms with Gasteiger partial charge in [0.15, 0.2) is 0 Å². The van der Waals surface area contributed by atoms with Crippen molar-refractivity contribution < 1.29 is 4.79 Å². The Morgan fingerprint density at radius 3 is 2.84 bits per heavy atom. The van der Waals surface area contributed by atoms with Crippen molar-refractivity contribution in [2.45, 2.75) is 46.5 Å². The lowest BCUT2D eigenvalue weighted by Gasteiger charge is -2.19. The van der Waals surface area contributed by atoms with Crippen molar-refractivity contribution in [2.24, 2.45) is 11.0 Å². The second-order valence-corrected chi connectivity index (χ2v) is 5.64. The molecule has 102 valence electrons. The van der Waals surface area contributed by atoms with Gasteiger partial charge in [-0.15, -0.1) is 0 Å². The third-order valence-corrected chi connectivity index (χ3v) is 3.69. The van der Waals surface area contributed by atoms with Gasteiger partial charge in [-0.3, -0.25) is 4.79 Å². The molecule has 0 unspecified atom stereocenters. The maximum Gasteiger partial charge on any atom is 0.271 e. The molecule has 0 saturated heterocycles. The van der Waals surface area contributed by atoms with E-state index in [2.05, 4.69) is 17.5 Å². The molecule has 1 aromatic rings. The highest BCUT2D eigenvalue weighted by Gasteiger charge is 2.15. The van der Waals surface area contributed by atoms with Gasteiger partial charge in [-0.05, 0) is 57.1 Å². The molecule has 2 rings (SSSR count). The highest BCUT2D eigenvalue weighted by Crippen LogP contribution is 2.21. The van der Waals surface area contributed by atoms with Crippen LogP contribution in [-0.2, 0) is 0 Å². The van der Waals surface area contributed by atoms with Crippen LogP contribution in [-0.4, -0.2) is 11.6 Å². The van der Waals surface area contributed by atoms with Crippen LogP contribution in [0.5, 0.6) is 0 Å². The normalized spacial score (nSPS) is 21.4. The van der Waals surface area contributed by atoms with E-state index in [0.29, 0.717) is 11.5 Å². The van der Waals surface area contributed by atoms with Crippen molar-refractivity contribution in [1.82, 2.24) is 5.43 Å². The van der Waals surface area contributed by atoms with E-state index in [0.717, 1.165) is 24.1 Å². The fourth-order valence-corrected chi connectivity index (χ4v) is 2.62. The molecule has 1 aromatic carbocycles. The van der Waals surface area contributed by atoms with Crippen LogP contribution in [0.4, 0.5) is 0 Å². The molecule has 3 heteroatoms. The lowest BCUT2D eigenvalue weighted by Crippen LogP contribution is -2.22. The molecule has 1 fully saturated rings. The molecule has 0 radical (unpaired) electrons. The SMILES string of the molecule is Cc1ccc(C(=O)N/N=C2/CCC[C@@H](C)C2)c(C)c1. The first-order chi connectivity index (χ1) is 9.06. The summed E-state index contributed by atoms with van der Waals surface area (Å²) in [6.45, 7) is 6.22. The van der Waals surface area contributed by atoms with Crippen molar-refractivity contribution in [2.75, 3.05) is 0 Å². The number of hydrazone groups is 1. The maximum atomic E-state index is 12.1. The van der Waals surface area contributed by atoms with E-state index in [4.69, 9.17) is 0 Å². The summed E-state index contributed by atoms with van der Waals surface area (Å²) < 4.78 is 0. The highest BCUT2D eigenvalue weighted by atomic mass is 16.2. The van der Waals surface area contributed by atoms with E-state index < -0.39 is 0 Å². The van der Waals surface area contributed by atoms with E-state index in [1.165, 1.54) is 18.4 Å². The minimum absolute atomic E-state index is 0.108. The van der Waals surface area contributed by atoms with Crippen LogP contribution in [0.2, 0.25) is 0 Å². The van der Waals surface area contributed by atoms with Crippen LogP contribution in [0.15, 0.2) is 23.3 Å². The molecule has 0 bridgehead atoms. The van der Waals surface area contributed by atoms with Gasteiger partial charge in [0.2, 0.25) is 0 Å². The topological polar surface area (TPSA) is 41.5 Å². The Morgan fingerprint density at radius 2 is 2.16 bits per heavy atom. The number of benzene rings is 1. The average molecular weight is 258 g/mol. The molecular weight excluding hydrogens is 236 g/mol. The largest absolute Gasteiger partial charge is 0.271 e. The first kappa shape index (κ1) is 13.8. The monoisotopic (exact) mass is 258 g/mol. The quantitative estimate of drug-likeness (QED) is 0.809. The van der Waals surface area contributed by atoms with Gasteiger partial charge in [0.05, 0.1) is 0 Å². The maximum absolute atomic E-state index is 12.1. The molecule has 1 N–H and O–H groups in total. The second kappa shape index (κ2) is 6.00. The van der Waals surface area contributed by atoms with Crippen LogP contribution >= 0.6 is 0 Å². The van der Waals surface area contributed by atoms with Crippen LogP contribution in [0.1, 0.15) is 54.1 Å². The Balaban J connectivity index is 2.03. The molecule has 3 nitrogen and oxygen atoms in total. The van der Waals surface area contributed by atoms with Gasteiger partial charge >= 0.3 is 0 Å². The third kappa shape index (κ3) is 3.66. The van der Waals surface area contributed by atoms with Gasteiger partial charge < -0.3 is 0 Å². The smallest absolute Gasteiger partial charge is 0.267 e. The van der Waals surface area contributed by atoms with Crippen molar-refractivity contribution in [3.05, 3.63) is 34.9 Å². The number of carbonyl (C=O) groups excluding carboxylic acids is 1. The summed E-state index contributed by atoms with van der Waals surface area (Å²) in [6.07, 6.45) is 4.47. The minimum Gasteiger partial charge on any atom is -0.267 e. The molecule has 1 saturated carbocycles. The predicted molar refractivity (Wildman–Crippen MR) is 78.4 cm³/mol. The first-order valence-electron chi connectivity index (χ1n) is 6.99. The molecule has 1 aliphatic rings. The number of carbonyl (C=O) groups is 1. The Labute approximate surface area is 115 Å². The minimum atomic E-state index is -0.108. The summed E-state index contributed by atoms with van der Waals surface area (Å²) in [4.78, 5) is 12.1. The van der Waals surface area contributed by atoms with Gasteiger partial charge in [-0.25, -0.2) is 5.43 Å². The summed E-state index contributed by atoms with van der Waals surface area (Å²) in [7, 11) is 0. The molecule has 0 aromatic heterocycles. The number of nitrogens with one attached hydrogen (secondary N) is 1. The number of hydrogen-bond donors (Lipinski definition) is 1. The molecule has 0 aliphatic heterocycles. The van der Waals surface area contributed by atoms with Gasteiger partial charge in [-0.1, -0.05) is 24.6 Å². The van der Waals surface area contributed by atoms with E-state index in [9.17, 15) is 4.79 Å². The molecular formula is C16H22N2O. The molecule has 1 atom stereocenters. The van der Waals surface area contributed by atoms with Gasteiger partial charge in [0.1, 0.15) is 0 Å². The average Bonchev–Trinajstić information content (AvgIpc) is 2.36. The van der Waals surface area contributed by atoms with Gasteiger partial charge in [0, 0.05) is 11.3 Å². The van der Waals surface area contributed by atoms with E-state index in [1.807, 2.05) is 32.0 Å². The summed E-state index contributed by atoms with van der Waals surface area (Å²) in [5.74, 6) is 0.578. The summed E-state index contributed by atoms with van der Waals surface area (Å²) in [5.41, 5.74) is 6.69. The first-order valence-corrected chi connectivity index (χ1v) is 6.99. The zero-order chi connectivity index (χ0) is 13.8. The Hall–Kier alpha value is -1.64. The van der Waals surface area contributed by atoms with Crippen LogP contribution in [0.3, 0.4) is 0 Å². The molecule has 1 aliphatic carbocycles. The third-order valence-electron chi connectivity index (χ3n) is 3.69. The fraction of sp³-hybridized carbons (Fsp3) is 0.500. The molecule has 0 heterocycles. The predicted octanol–water partition coefficient (Wildman–Crippen LogP) is 3.60. The number of hydrogen-bond acceptors (Lipinski definition) is 2. The summed E-state index contributed by atoms with van der Waals surface area (Å²) >= 11 is 0. The molecule has 19 heavy (non-hydrogen) atoms. The number of amides is 1. The van der Waals surface area contributed by atoms with Crippen molar-refractivity contribution in [3.63, 3.8) is 0 Å². The summed E-state index contributed by atoms with van der Waals surface area (Å²) in [6, 6.07) is 5.84. The zero-order valence-electron chi connectivity index (χ0n) is 12.0. The Bertz CT molecular complexity index is 505. The number of aryl methyl sites for hydroxylation is 2. The fourth-order valence-electron chi connectivity index (χ4n) is 2.62. The highest BCUT2D eigenvalue weighted by molar-refractivity contribution is 5.96. The molecule has 1 amide bonds. The zero-order valence-corrected chi connectivity index (χ0v) is 12.0. The standard InChI is InChI=1S/C16H22N2O/c1-11-5-4-6-14(10-11)17-18-16(19)15-8-7-12(2)9-13(15)3/h7-9,11H,4-6,10H2,1-3H3,(H,18,19)/b17-14-/t11-/m1/s1. The molecule has 0 spiro atoms. The van der Waals surface area contributed by atoms with Crippen LogP contribution in [0.25, 0.3) is 0 Å². The van der Waals surface area contributed by atoms with E-state index in [-0.39, 0.29) is 5.91 Å².